The van der Waals surface area contributed by atoms with E-state index in [2.05, 4.69) is 0 Å². The van der Waals surface area contributed by atoms with Crippen LogP contribution in [0.15, 0.2) is 18.2 Å². The van der Waals surface area contributed by atoms with Crippen molar-refractivity contribution < 1.29 is 29.0 Å². The van der Waals surface area contributed by atoms with E-state index in [0.717, 1.165) is 0 Å². The predicted molar refractivity (Wildman–Crippen MR) is 101 cm³/mol. The summed E-state index contributed by atoms with van der Waals surface area (Å²) in [5.41, 5.74) is 1.05. The molecule has 1 heterocycles. The van der Waals surface area contributed by atoms with Gasteiger partial charge in [0.15, 0.2) is 5.78 Å². The number of carboxylic acid groups (broad SMARTS) is 1. The molecular formula is C20H26N2O6. The highest BCUT2D eigenvalue weighted by Crippen LogP contribution is 2.22. The number of aliphatic carboxylic acids is 1. The number of nitrogens with zero attached hydrogens (tertiary/aromatic N) is 2. The number of likely N-dealkylation sites (tertiary alicyclic amines) is 1. The molecule has 2 amide bonds. The number of hydrogen-bond acceptors (Lipinski definition) is 5. The van der Waals surface area contributed by atoms with Crippen molar-refractivity contribution in [2.24, 2.45) is 5.92 Å². The third kappa shape index (κ3) is 5.31. The van der Waals surface area contributed by atoms with Gasteiger partial charge in [0.05, 0.1) is 26.0 Å². The summed E-state index contributed by atoms with van der Waals surface area (Å²) in [4.78, 5) is 50.6. The third-order valence-electron chi connectivity index (χ3n) is 4.95. The van der Waals surface area contributed by atoms with Crippen LogP contribution in [0.1, 0.15) is 35.7 Å². The Balaban J connectivity index is 2.01. The molecule has 1 aliphatic rings. The van der Waals surface area contributed by atoms with E-state index in [1.165, 1.54) is 30.9 Å². The molecule has 1 unspecified atom stereocenters. The predicted octanol–water partition coefficient (Wildman–Crippen LogP) is 1.22. The van der Waals surface area contributed by atoms with Gasteiger partial charge in [0.25, 0.3) is 0 Å². The fraction of sp³-hybridized carbons (Fsp3) is 0.500. The van der Waals surface area contributed by atoms with Gasteiger partial charge in [-0.2, -0.15) is 0 Å². The summed E-state index contributed by atoms with van der Waals surface area (Å²) in [6, 6.07) is 4.90. The minimum Gasteiger partial charge on any atom is -0.496 e. The zero-order valence-corrected chi connectivity index (χ0v) is 16.4. The zero-order chi connectivity index (χ0) is 20.8. The summed E-state index contributed by atoms with van der Waals surface area (Å²) < 4.78 is 5.26. The molecule has 1 fully saturated rings. The van der Waals surface area contributed by atoms with Crippen molar-refractivity contribution in [3.05, 3.63) is 29.3 Å². The van der Waals surface area contributed by atoms with Crippen molar-refractivity contribution >= 4 is 23.6 Å². The number of Topliss-reactive ketones (excluding diaryl/α,β-unsaturated/α-hetero) is 1. The first-order chi connectivity index (χ1) is 13.2. The van der Waals surface area contributed by atoms with Gasteiger partial charge in [0.1, 0.15) is 5.75 Å². The van der Waals surface area contributed by atoms with Gasteiger partial charge < -0.3 is 19.6 Å². The Morgan fingerprint density at radius 3 is 2.61 bits per heavy atom. The Morgan fingerprint density at radius 1 is 1.29 bits per heavy atom. The Labute approximate surface area is 164 Å². The number of piperidine rings is 1. The summed E-state index contributed by atoms with van der Waals surface area (Å²) in [5.74, 6) is -1.64. The molecule has 1 saturated heterocycles. The Bertz CT molecular complexity index is 776. The second-order valence-corrected chi connectivity index (χ2v) is 7.03. The number of carbonyl (C=O) groups excluding carboxylic acids is 3. The van der Waals surface area contributed by atoms with Crippen LogP contribution in [0.25, 0.3) is 0 Å². The number of ketones is 1. The molecule has 0 aliphatic carbocycles. The fourth-order valence-electron chi connectivity index (χ4n) is 3.23. The van der Waals surface area contributed by atoms with E-state index in [1.807, 2.05) is 0 Å². The molecule has 0 radical (unpaired) electrons. The Kier molecular flexibility index (Phi) is 7.14. The molecule has 0 aromatic heterocycles. The molecule has 1 aliphatic heterocycles. The lowest BCUT2D eigenvalue weighted by atomic mass is 9.98. The monoisotopic (exact) mass is 390 g/mol. The molecule has 8 heteroatoms. The van der Waals surface area contributed by atoms with Crippen LogP contribution in [0.5, 0.6) is 5.75 Å². The van der Waals surface area contributed by atoms with Crippen LogP contribution in [-0.2, 0) is 20.8 Å². The number of carbonyl (C=O) groups is 4. The van der Waals surface area contributed by atoms with E-state index in [-0.39, 0.29) is 37.1 Å². The maximum Gasteiger partial charge on any atom is 0.308 e. The van der Waals surface area contributed by atoms with Crippen molar-refractivity contribution in [2.75, 3.05) is 33.8 Å². The van der Waals surface area contributed by atoms with E-state index in [9.17, 15) is 19.2 Å². The number of hydrogen-bond donors (Lipinski definition) is 1. The van der Waals surface area contributed by atoms with Gasteiger partial charge in [-0.15, -0.1) is 0 Å². The SMILES string of the molecule is COc1ccc(C(C)=O)cc1CC(=O)N(C)CC(=O)N1CCCC(C(=O)O)C1. The molecule has 1 atom stereocenters. The smallest absolute Gasteiger partial charge is 0.308 e. The van der Waals surface area contributed by atoms with Crippen molar-refractivity contribution in [1.82, 2.24) is 9.80 Å². The number of methoxy groups -OCH3 is 1. The lowest BCUT2D eigenvalue weighted by Crippen LogP contribution is -2.47. The van der Waals surface area contributed by atoms with Crippen LogP contribution < -0.4 is 4.74 Å². The molecule has 152 valence electrons. The number of ether oxygens (including phenoxy) is 1. The normalized spacial score (nSPS) is 16.4. The topological polar surface area (TPSA) is 104 Å². The first-order valence-electron chi connectivity index (χ1n) is 9.15. The van der Waals surface area contributed by atoms with Gasteiger partial charge in [-0.1, -0.05) is 0 Å². The van der Waals surface area contributed by atoms with Gasteiger partial charge in [0.2, 0.25) is 11.8 Å². The summed E-state index contributed by atoms with van der Waals surface area (Å²) in [7, 11) is 3.01. The molecule has 1 aromatic carbocycles. The summed E-state index contributed by atoms with van der Waals surface area (Å²) in [6.45, 7) is 1.99. The number of rotatable bonds is 7. The molecule has 1 aromatic rings. The highest BCUT2D eigenvalue weighted by Gasteiger charge is 2.29. The van der Waals surface area contributed by atoms with Crippen LogP contribution >= 0.6 is 0 Å². The summed E-state index contributed by atoms with van der Waals surface area (Å²) >= 11 is 0. The average Bonchev–Trinajstić information content (AvgIpc) is 2.67. The van der Waals surface area contributed by atoms with E-state index in [4.69, 9.17) is 9.84 Å². The first kappa shape index (κ1) is 21.4. The first-order valence-corrected chi connectivity index (χ1v) is 9.15. The second kappa shape index (κ2) is 9.34. The molecule has 28 heavy (non-hydrogen) atoms. The van der Waals surface area contributed by atoms with E-state index in [0.29, 0.717) is 36.3 Å². The number of likely N-dealkylation sites (N-methyl/N-ethyl adjacent to an activating group) is 1. The van der Waals surface area contributed by atoms with Crippen LogP contribution in [-0.4, -0.2) is 72.3 Å². The van der Waals surface area contributed by atoms with Crippen molar-refractivity contribution in [1.29, 1.82) is 0 Å². The molecule has 0 saturated carbocycles. The van der Waals surface area contributed by atoms with Crippen LogP contribution in [0, 0.1) is 5.92 Å². The maximum atomic E-state index is 12.6. The van der Waals surface area contributed by atoms with Gasteiger partial charge in [-0.05, 0) is 38.0 Å². The van der Waals surface area contributed by atoms with Crippen molar-refractivity contribution in [3.8, 4) is 5.75 Å². The third-order valence-corrected chi connectivity index (χ3v) is 4.95. The average molecular weight is 390 g/mol. The van der Waals surface area contributed by atoms with E-state index < -0.39 is 11.9 Å². The standard InChI is InChI=1S/C20H26N2O6/c1-13(23)14-6-7-17(28-3)16(9-14)10-18(24)21(2)12-19(25)22-8-4-5-15(11-22)20(26)27/h6-7,9,15H,4-5,8,10-12H2,1-3H3,(H,26,27). The highest BCUT2D eigenvalue weighted by atomic mass is 16.5. The summed E-state index contributed by atoms with van der Waals surface area (Å²) in [5, 5.41) is 9.14. The molecular weight excluding hydrogens is 364 g/mol. The molecule has 8 nitrogen and oxygen atoms in total. The van der Waals surface area contributed by atoms with Gasteiger partial charge in [-0.3, -0.25) is 19.2 Å². The Hall–Kier alpha value is -2.90. The van der Waals surface area contributed by atoms with Crippen LogP contribution in [0.3, 0.4) is 0 Å². The van der Waals surface area contributed by atoms with E-state index >= 15 is 0 Å². The van der Waals surface area contributed by atoms with Crippen LogP contribution in [0.4, 0.5) is 0 Å². The minimum atomic E-state index is -0.903. The van der Waals surface area contributed by atoms with E-state index in [1.54, 1.807) is 18.2 Å². The molecule has 0 spiro atoms. The maximum absolute atomic E-state index is 12.6. The van der Waals surface area contributed by atoms with Crippen LogP contribution in [0.2, 0.25) is 0 Å². The number of amides is 2. The van der Waals surface area contributed by atoms with Crippen molar-refractivity contribution in [3.63, 3.8) is 0 Å². The minimum absolute atomic E-state index is 0.00811. The Morgan fingerprint density at radius 2 is 2.00 bits per heavy atom. The fourth-order valence-corrected chi connectivity index (χ4v) is 3.23. The molecule has 1 N–H and O–H groups in total. The summed E-state index contributed by atoms with van der Waals surface area (Å²) in [6.07, 6.45) is 1.18. The van der Waals surface area contributed by atoms with Gasteiger partial charge >= 0.3 is 5.97 Å². The number of carboxylic acids is 1. The number of benzene rings is 1. The molecule has 2 rings (SSSR count). The lowest BCUT2D eigenvalue weighted by molar-refractivity contribution is -0.147. The zero-order valence-electron chi connectivity index (χ0n) is 16.4. The van der Waals surface area contributed by atoms with Gasteiger partial charge in [0, 0.05) is 31.3 Å². The highest BCUT2D eigenvalue weighted by molar-refractivity contribution is 5.95. The second-order valence-electron chi connectivity index (χ2n) is 7.03. The lowest BCUT2D eigenvalue weighted by Gasteiger charge is -2.32. The largest absolute Gasteiger partial charge is 0.496 e. The quantitative estimate of drug-likeness (QED) is 0.702. The van der Waals surface area contributed by atoms with Gasteiger partial charge in [-0.25, -0.2) is 0 Å². The van der Waals surface area contributed by atoms with Crippen molar-refractivity contribution in [2.45, 2.75) is 26.2 Å². The molecule has 0 bridgehead atoms.